The van der Waals surface area contributed by atoms with Crippen molar-refractivity contribution in [1.82, 2.24) is 21.5 Å². The summed E-state index contributed by atoms with van der Waals surface area (Å²) < 4.78 is 0. The van der Waals surface area contributed by atoms with Gasteiger partial charge in [-0.1, -0.05) is 0 Å². The summed E-state index contributed by atoms with van der Waals surface area (Å²) in [5.41, 5.74) is 7.18. The van der Waals surface area contributed by atoms with Crippen molar-refractivity contribution in [3.05, 3.63) is 0 Å². The molecule has 1 saturated heterocycles. The Morgan fingerprint density at radius 1 is 1.71 bits per heavy atom. The molecule has 5 heteroatoms. The maximum atomic E-state index is 10.1. The van der Waals surface area contributed by atoms with Gasteiger partial charge in [0.15, 0.2) is 0 Å². The number of hydrogen-bond donors (Lipinski definition) is 3. The Bertz CT molecular complexity index is 91.7. The summed E-state index contributed by atoms with van der Waals surface area (Å²) in [7, 11) is 1.68. The lowest BCUT2D eigenvalue weighted by atomic mass is 11.1. The monoisotopic (exact) mass is 102 g/mol. The van der Waals surface area contributed by atoms with Crippen LogP contribution < -0.4 is 16.4 Å². The van der Waals surface area contributed by atoms with Gasteiger partial charge in [-0.15, -0.1) is 10.7 Å². The van der Waals surface area contributed by atoms with Crippen molar-refractivity contribution in [1.29, 1.82) is 0 Å². The minimum absolute atomic E-state index is 0.234. The molecular weight excluding hydrogens is 96.0 g/mol. The highest BCUT2D eigenvalue weighted by molar-refractivity contribution is 5.73. The first-order chi connectivity index (χ1) is 3.29. The maximum Gasteiger partial charge on any atom is 0.345 e. The van der Waals surface area contributed by atoms with E-state index in [4.69, 9.17) is 0 Å². The van der Waals surface area contributed by atoms with Crippen molar-refractivity contribution in [3.8, 4) is 0 Å². The first-order valence-corrected chi connectivity index (χ1v) is 1.85. The molecule has 1 aliphatic rings. The number of amides is 2. The fourth-order valence-corrected chi connectivity index (χ4v) is 0.343. The lowest BCUT2D eigenvalue weighted by Gasteiger charge is -2.00. The number of rotatable bonds is 0. The Balaban J connectivity index is 2.40. The van der Waals surface area contributed by atoms with Gasteiger partial charge in [0, 0.05) is 7.05 Å². The van der Waals surface area contributed by atoms with Crippen LogP contribution in [0.3, 0.4) is 0 Å². The van der Waals surface area contributed by atoms with Gasteiger partial charge in [0.05, 0.1) is 0 Å². The van der Waals surface area contributed by atoms with E-state index in [0.717, 1.165) is 0 Å². The van der Waals surface area contributed by atoms with Gasteiger partial charge in [0.2, 0.25) is 0 Å². The summed E-state index contributed by atoms with van der Waals surface area (Å²) in [6, 6.07) is -0.234. The van der Waals surface area contributed by atoms with Crippen molar-refractivity contribution in [2.24, 2.45) is 0 Å². The molecule has 0 radical (unpaired) electrons. The predicted molar refractivity (Wildman–Crippen MR) is 22.6 cm³/mol. The number of nitrogens with one attached hydrogen (secondary N) is 3. The highest BCUT2D eigenvalue weighted by Gasteiger charge is 2.09. The number of carbonyl (C=O) groups excluding carboxylic acids is 1. The summed E-state index contributed by atoms with van der Waals surface area (Å²) in [5.74, 6) is 0. The molecule has 1 heterocycles. The van der Waals surface area contributed by atoms with Gasteiger partial charge in [-0.3, -0.25) is 10.9 Å². The maximum absolute atomic E-state index is 10.1. The molecule has 1 fully saturated rings. The van der Waals surface area contributed by atoms with Gasteiger partial charge < -0.3 is 0 Å². The highest BCUT2D eigenvalue weighted by Crippen LogP contribution is 1.71. The molecule has 1 aliphatic heterocycles. The van der Waals surface area contributed by atoms with Crippen LogP contribution in [0.25, 0.3) is 0 Å². The van der Waals surface area contributed by atoms with Gasteiger partial charge in [-0.05, 0) is 0 Å². The molecular formula is C2H6N4O. The Hall–Kier alpha value is -0.810. The van der Waals surface area contributed by atoms with Gasteiger partial charge in [0.25, 0.3) is 0 Å². The molecule has 0 bridgehead atoms. The Labute approximate surface area is 40.6 Å². The van der Waals surface area contributed by atoms with Crippen LogP contribution in [0.1, 0.15) is 0 Å². The molecule has 2 amide bonds. The van der Waals surface area contributed by atoms with Crippen molar-refractivity contribution in [2.75, 3.05) is 7.05 Å². The second-order valence-corrected chi connectivity index (χ2v) is 1.24. The lowest BCUT2D eigenvalue weighted by Crippen LogP contribution is -2.35. The van der Waals surface area contributed by atoms with Crippen LogP contribution in [0.2, 0.25) is 0 Å². The van der Waals surface area contributed by atoms with E-state index in [1.807, 2.05) is 0 Å². The van der Waals surface area contributed by atoms with Crippen LogP contribution in [0.5, 0.6) is 0 Å². The normalized spacial score (nSPS) is 21.6. The zero-order chi connectivity index (χ0) is 5.28. The molecule has 0 atom stereocenters. The van der Waals surface area contributed by atoms with E-state index in [0.29, 0.717) is 0 Å². The van der Waals surface area contributed by atoms with Gasteiger partial charge in [-0.2, -0.15) is 0 Å². The summed E-state index contributed by atoms with van der Waals surface area (Å²) in [5, 5.41) is 1.42. The molecule has 7 heavy (non-hydrogen) atoms. The fourth-order valence-electron chi connectivity index (χ4n) is 0.343. The molecule has 0 unspecified atom stereocenters. The predicted octanol–water partition coefficient (Wildman–Crippen LogP) is -1.43. The van der Waals surface area contributed by atoms with E-state index in [2.05, 4.69) is 16.4 Å². The molecule has 0 aromatic rings. The highest BCUT2D eigenvalue weighted by atomic mass is 16.2. The second kappa shape index (κ2) is 1.36. The first-order valence-electron chi connectivity index (χ1n) is 1.85. The van der Waals surface area contributed by atoms with Gasteiger partial charge in [0.1, 0.15) is 0 Å². The van der Waals surface area contributed by atoms with Crippen LogP contribution in [0.15, 0.2) is 0 Å². The summed E-state index contributed by atoms with van der Waals surface area (Å²) in [6.45, 7) is 0. The smallest absolute Gasteiger partial charge is 0.257 e. The third-order valence-electron chi connectivity index (χ3n) is 0.606. The zero-order valence-electron chi connectivity index (χ0n) is 3.86. The minimum Gasteiger partial charge on any atom is -0.257 e. The van der Waals surface area contributed by atoms with E-state index in [1.54, 1.807) is 7.05 Å². The number of hydrazine groups is 3. The van der Waals surface area contributed by atoms with Crippen LogP contribution in [0, 0.1) is 0 Å². The zero-order valence-corrected chi connectivity index (χ0v) is 3.86. The average Bonchev–Trinajstić information content (AvgIpc) is 1.87. The van der Waals surface area contributed by atoms with Crippen LogP contribution in [-0.2, 0) is 0 Å². The summed E-state index contributed by atoms with van der Waals surface area (Å²) in [4.78, 5) is 10.1. The van der Waals surface area contributed by atoms with Gasteiger partial charge >= 0.3 is 6.03 Å². The molecule has 40 valence electrons. The Kier molecular flexibility index (Phi) is 0.844. The van der Waals surface area contributed by atoms with E-state index < -0.39 is 0 Å². The third-order valence-corrected chi connectivity index (χ3v) is 0.606. The number of hydrogen-bond acceptors (Lipinski definition) is 3. The summed E-state index contributed by atoms with van der Waals surface area (Å²) in [6.07, 6.45) is 0. The lowest BCUT2D eigenvalue weighted by molar-refractivity contribution is 0.214. The largest absolute Gasteiger partial charge is 0.345 e. The SMILES string of the molecule is CN1NNC(=O)N1. The summed E-state index contributed by atoms with van der Waals surface area (Å²) >= 11 is 0. The van der Waals surface area contributed by atoms with Crippen molar-refractivity contribution in [2.45, 2.75) is 0 Å². The van der Waals surface area contributed by atoms with E-state index >= 15 is 0 Å². The minimum atomic E-state index is -0.234. The molecule has 0 aromatic carbocycles. The van der Waals surface area contributed by atoms with E-state index in [1.165, 1.54) is 5.12 Å². The second-order valence-electron chi connectivity index (χ2n) is 1.24. The molecule has 1 rings (SSSR count). The third kappa shape index (κ3) is 0.787. The molecule has 5 nitrogen and oxygen atoms in total. The van der Waals surface area contributed by atoms with Crippen LogP contribution >= 0.6 is 0 Å². The van der Waals surface area contributed by atoms with Crippen LogP contribution in [-0.4, -0.2) is 18.2 Å². The number of carbonyl (C=O) groups is 1. The van der Waals surface area contributed by atoms with E-state index in [9.17, 15) is 4.79 Å². The fraction of sp³-hybridized carbons (Fsp3) is 0.500. The number of urea groups is 1. The standard InChI is InChI=1S/C2H6N4O/c1-6-4-2(7)3-5-6/h5H,1H3,(H2,3,4,7). The Morgan fingerprint density at radius 3 is 2.57 bits per heavy atom. The van der Waals surface area contributed by atoms with Crippen molar-refractivity contribution in [3.63, 3.8) is 0 Å². The molecule has 3 N–H and O–H groups in total. The topological polar surface area (TPSA) is 56.4 Å². The van der Waals surface area contributed by atoms with Crippen LogP contribution in [0.4, 0.5) is 4.79 Å². The van der Waals surface area contributed by atoms with Crippen molar-refractivity contribution < 1.29 is 4.79 Å². The Morgan fingerprint density at radius 2 is 2.43 bits per heavy atom. The molecule has 0 aliphatic carbocycles. The quantitative estimate of drug-likeness (QED) is 0.351. The molecule has 0 spiro atoms. The van der Waals surface area contributed by atoms with E-state index in [-0.39, 0.29) is 6.03 Å². The average molecular weight is 102 g/mol. The molecule has 0 saturated carbocycles. The number of nitrogens with zero attached hydrogens (tertiary/aromatic N) is 1. The van der Waals surface area contributed by atoms with Gasteiger partial charge in [-0.25, -0.2) is 4.79 Å². The molecule has 0 aromatic heterocycles. The van der Waals surface area contributed by atoms with Crippen molar-refractivity contribution >= 4 is 6.03 Å². The first kappa shape index (κ1) is 4.35.